The van der Waals surface area contributed by atoms with Gasteiger partial charge in [-0.3, -0.25) is 9.59 Å². The normalized spacial score (nSPS) is 24.0. The molecule has 2 saturated heterocycles. The molecule has 1 atom stereocenters. The Morgan fingerprint density at radius 1 is 0.970 bits per heavy atom. The van der Waals surface area contributed by atoms with Gasteiger partial charge in [0, 0.05) is 32.0 Å². The molecule has 1 saturated carbocycles. The molecule has 174 valence electrons. The number of hydrogen-bond donors (Lipinski definition) is 1. The lowest BCUT2D eigenvalue weighted by Gasteiger charge is -2.50. The van der Waals surface area contributed by atoms with Crippen LogP contribution in [0.15, 0.2) is 54.6 Å². The van der Waals surface area contributed by atoms with Gasteiger partial charge < -0.3 is 10.2 Å². The molecular weight excluding hydrogens is 408 g/mol. The van der Waals surface area contributed by atoms with Crippen molar-refractivity contribution in [1.82, 2.24) is 10.2 Å². The van der Waals surface area contributed by atoms with Gasteiger partial charge in [-0.2, -0.15) is 0 Å². The Kier molecular flexibility index (Phi) is 6.03. The summed E-state index contributed by atoms with van der Waals surface area (Å²) >= 11 is 0. The molecule has 3 aliphatic rings. The highest BCUT2D eigenvalue weighted by Gasteiger charge is 2.50. The van der Waals surface area contributed by atoms with Crippen molar-refractivity contribution in [2.75, 3.05) is 19.6 Å². The lowest BCUT2D eigenvalue weighted by atomic mass is 9.61. The van der Waals surface area contributed by atoms with Crippen molar-refractivity contribution in [2.24, 2.45) is 5.41 Å². The Balaban J connectivity index is 1.39. The number of likely N-dealkylation sites (tertiary alicyclic amines) is 1. The van der Waals surface area contributed by atoms with Gasteiger partial charge in [0.15, 0.2) is 0 Å². The number of piperidine rings is 2. The molecule has 1 N–H and O–H groups in total. The van der Waals surface area contributed by atoms with Gasteiger partial charge in [0.2, 0.25) is 11.8 Å². The third-order valence-corrected chi connectivity index (χ3v) is 8.81. The highest BCUT2D eigenvalue weighted by Crippen LogP contribution is 2.51. The fraction of sp³-hybridized carbons (Fsp3) is 0.517. The minimum atomic E-state index is -0.357. The first kappa shape index (κ1) is 22.2. The van der Waals surface area contributed by atoms with Crippen molar-refractivity contribution in [2.45, 2.75) is 69.6 Å². The van der Waals surface area contributed by atoms with E-state index < -0.39 is 0 Å². The molecule has 2 amide bonds. The Morgan fingerprint density at radius 2 is 1.64 bits per heavy atom. The molecule has 2 aliphatic heterocycles. The maximum absolute atomic E-state index is 14.0. The first-order chi connectivity index (χ1) is 16.1. The molecule has 0 bridgehead atoms. The topological polar surface area (TPSA) is 49.4 Å². The van der Waals surface area contributed by atoms with E-state index >= 15 is 0 Å². The quantitative estimate of drug-likeness (QED) is 0.724. The van der Waals surface area contributed by atoms with Gasteiger partial charge in [-0.25, -0.2) is 0 Å². The van der Waals surface area contributed by atoms with Crippen LogP contribution in [-0.2, 0) is 21.4 Å². The van der Waals surface area contributed by atoms with Crippen molar-refractivity contribution < 1.29 is 9.59 Å². The van der Waals surface area contributed by atoms with Gasteiger partial charge in [0.25, 0.3) is 0 Å². The van der Waals surface area contributed by atoms with Crippen molar-refractivity contribution in [3.8, 4) is 0 Å². The predicted octanol–water partition coefficient (Wildman–Crippen LogP) is 4.97. The molecule has 1 spiro atoms. The first-order valence-corrected chi connectivity index (χ1v) is 12.8. The molecule has 3 fully saturated rings. The largest absolute Gasteiger partial charge is 0.355 e. The average molecular weight is 445 g/mol. The Hall–Kier alpha value is -2.62. The van der Waals surface area contributed by atoms with Crippen LogP contribution in [0.4, 0.5) is 0 Å². The lowest BCUT2D eigenvalue weighted by Crippen LogP contribution is -2.55. The lowest BCUT2D eigenvalue weighted by molar-refractivity contribution is -0.141. The summed E-state index contributed by atoms with van der Waals surface area (Å²) in [5.74, 6) is 0.793. The maximum Gasteiger partial charge on any atom is 0.233 e. The van der Waals surface area contributed by atoms with Gasteiger partial charge in [0.1, 0.15) is 0 Å². The zero-order valence-electron chi connectivity index (χ0n) is 19.8. The van der Waals surface area contributed by atoms with Gasteiger partial charge in [0.05, 0.1) is 5.41 Å². The molecule has 1 aliphatic carbocycles. The third kappa shape index (κ3) is 3.88. The summed E-state index contributed by atoms with van der Waals surface area (Å²) in [6.07, 6.45) is 7.52. The van der Waals surface area contributed by atoms with E-state index in [2.05, 4.69) is 65.7 Å². The Morgan fingerprint density at radius 3 is 2.33 bits per heavy atom. The van der Waals surface area contributed by atoms with E-state index in [-0.39, 0.29) is 16.7 Å². The van der Waals surface area contributed by atoms with Gasteiger partial charge in [-0.15, -0.1) is 0 Å². The van der Waals surface area contributed by atoms with Crippen molar-refractivity contribution in [1.29, 1.82) is 0 Å². The van der Waals surface area contributed by atoms with Crippen LogP contribution in [0.2, 0.25) is 0 Å². The summed E-state index contributed by atoms with van der Waals surface area (Å²) in [7, 11) is 0. The van der Waals surface area contributed by atoms with Crippen molar-refractivity contribution >= 4 is 11.8 Å². The number of hydrogen-bond acceptors (Lipinski definition) is 2. The van der Waals surface area contributed by atoms with Gasteiger partial charge >= 0.3 is 0 Å². The van der Waals surface area contributed by atoms with E-state index in [1.807, 2.05) is 6.07 Å². The molecule has 0 aromatic heterocycles. The number of nitrogens with one attached hydrogen (secondary N) is 1. The smallest absolute Gasteiger partial charge is 0.233 e. The fourth-order valence-corrected chi connectivity index (χ4v) is 6.92. The van der Waals surface area contributed by atoms with Crippen LogP contribution in [0.1, 0.15) is 74.5 Å². The Labute approximate surface area is 197 Å². The number of nitrogens with zero attached hydrogens (tertiary/aromatic N) is 1. The van der Waals surface area contributed by atoms with Crippen LogP contribution in [0.25, 0.3) is 0 Å². The zero-order chi connectivity index (χ0) is 22.9. The van der Waals surface area contributed by atoms with E-state index in [1.165, 1.54) is 16.7 Å². The molecule has 33 heavy (non-hydrogen) atoms. The number of carbonyl (C=O) groups is 2. The molecule has 0 radical (unpaired) electrons. The SMILES string of the molecule is CCc1ccccc1[C@@H]1CNC(=O)CC12CCN(C(=O)C1(c3ccccc3)CCCC1)CC2. The Bertz CT molecular complexity index is 1000. The van der Waals surface area contributed by atoms with Crippen LogP contribution >= 0.6 is 0 Å². The van der Waals surface area contributed by atoms with Crippen LogP contribution < -0.4 is 5.32 Å². The first-order valence-electron chi connectivity index (χ1n) is 12.8. The predicted molar refractivity (Wildman–Crippen MR) is 131 cm³/mol. The average Bonchev–Trinajstić information content (AvgIpc) is 3.36. The molecule has 4 nitrogen and oxygen atoms in total. The minimum absolute atomic E-state index is 0.0556. The number of benzene rings is 2. The number of rotatable bonds is 4. The standard InChI is InChI=1S/C29H36N2O2/c1-2-22-10-6-7-13-24(22)25-21-30-26(32)20-28(25)16-18-31(19-17-28)27(33)29(14-8-9-15-29)23-11-4-3-5-12-23/h3-7,10-13,25H,2,8-9,14-21H2,1H3,(H,30,32)/t25-/m0/s1. The highest BCUT2D eigenvalue weighted by molar-refractivity contribution is 5.89. The van der Waals surface area contributed by atoms with E-state index in [9.17, 15) is 9.59 Å². The van der Waals surface area contributed by atoms with E-state index in [4.69, 9.17) is 0 Å². The number of amides is 2. The second-order valence-corrected chi connectivity index (χ2v) is 10.4. The van der Waals surface area contributed by atoms with Crippen molar-refractivity contribution in [3.05, 3.63) is 71.3 Å². The molecular formula is C29H36N2O2. The number of aryl methyl sites for hydroxylation is 1. The maximum atomic E-state index is 14.0. The van der Waals surface area contributed by atoms with E-state index in [0.717, 1.165) is 58.0 Å². The molecule has 5 rings (SSSR count). The number of carbonyl (C=O) groups excluding carboxylic acids is 2. The summed E-state index contributed by atoms with van der Waals surface area (Å²) in [5, 5.41) is 3.14. The molecule has 0 unspecified atom stereocenters. The highest BCUT2D eigenvalue weighted by atomic mass is 16.2. The second kappa shape index (κ2) is 8.96. The summed E-state index contributed by atoms with van der Waals surface area (Å²) in [4.78, 5) is 28.6. The zero-order valence-corrected chi connectivity index (χ0v) is 19.8. The van der Waals surface area contributed by atoms with E-state index in [1.54, 1.807) is 0 Å². The summed E-state index contributed by atoms with van der Waals surface area (Å²) < 4.78 is 0. The van der Waals surface area contributed by atoms with Gasteiger partial charge in [-0.1, -0.05) is 74.4 Å². The van der Waals surface area contributed by atoms with Crippen LogP contribution in [0.5, 0.6) is 0 Å². The molecule has 2 aromatic rings. The summed E-state index contributed by atoms with van der Waals surface area (Å²) in [5.41, 5.74) is 3.53. The fourth-order valence-electron chi connectivity index (χ4n) is 6.92. The van der Waals surface area contributed by atoms with Crippen LogP contribution in [0.3, 0.4) is 0 Å². The van der Waals surface area contributed by atoms with Crippen molar-refractivity contribution in [3.63, 3.8) is 0 Å². The van der Waals surface area contributed by atoms with Gasteiger partial charge in [-0.05, 0) is 54.2 Å². The van der Waals surface area contributed by atoms with Crippen LogP contribution in [-0.4, -0.2) is 36.3 Å². The van der Waals surface area contributed by atoms with Crippen LogP contribution in [0, 0.1) is 5.41 Å². The minimum Gasteiger partial charge on any atom is -0.355 e. The molecule has 2 aromatic carbocycles. The molecule has 2 heterocycles. The summed E-state index contributed by atoms with van der Waals surface area (Å²) in [6.45, 7) is 4.42. The second-order valence-electron chi connectivity index (χ2n) is 10.4. The molecule has 4 heteroatoms. The summed E-state index contributed by atoms with van der Waals surface area (Å²) in [6, 6.07) is 19.1. The van der Waals surface area contributed by atoms with E-state index in [0.29, 0.717) is 24.8 Å². The monoisotopic (exact) mass is 444 g/mol. The third-order valence-electron chi connectivity index (χ3n) is 8.81.